The first kappa shape index (κ1) is 14.6. The molecule has 1 aliphatic heterocycles. The van der Waals surface area contributed by atoms with Crippen LogP contribution in [-0.2, 0) is 9.53 Å². The molecule has 1 rings (SSSR count). The van der Waals surface area contributed by atoms with Gasteiger partial charge in [-0.15, -0.1) is 0 Å². The SMILES string of the molecule is CC(=O)[C@@]1(O)C(C)OC(C)(C)C(C)(O)C1(C)O. The van der Waals surface area contributed by atoms with Crippen LogP contribution in [0, 0.1) is 0 Å². The lowest BCUT2D eigenvalue weighted by molar-refractivity contribution is -0.354. The van der Waals surface area contributed by atoms with Gasteiger partial charge in [0.15, 0.2) is 11.4 Å². The Balaban J connectivity index is 3.46. The number of hydrogen-bond acceptors (Lipinski definition) is 5. The van der Waals surface area contributed by atoms with Gasteiger partial charge in [0.25, 0.3) is 0 Å². The van der Waals surface area contributed by atoms with Gasteiger partial charge >= 0.3 is 0 Å². The summed E-state index contributed by atoms with van der Waals surface area (Å²) in [6.45, 7) is 8.51. The Labute approximate surface area is 101 Å². The van der Waals surface area contributed by atoms with E-state index in [1.807, 2.05) is 0 Å². The Morgan fingerprint density at radius 2 is 1.47 bits per heavy atom. The summed E-state index contributed by atoms with van der Waals surface area (Å²) >= 11 is 0. The molecule has 0 amide bonds. The lowest BCUT2D eigenvalue weighted by atomic mass is 9.61. The van der Waals surface area contributed by atoms with Crippen LogP contribution in [0.4, 0.5) is 0 Å². The summed E-state index contributed by atoms with van der Waals surface area (Å²) < 4.78 is 5.52. The van der Waals surface area contributed by atoms with Crippen molar-refractivity contribution >= 4 is 5.78 Å². The van der Waals surface area contributed by atoms with Crippen molar-refractivity contribution in [3.63, 3.8) is 0 Å². The average Bonchev–Trinajstić information content (AvgIpc) is 2.12. The van der Waals surface area contributed by atoms with E-state index in [1.165, 1.54) is 27.7 Å². The van der Waals surface area contributed by atoms with E-state index >= 15 is 0 Å². The van der Waals surface area contributed by atoms with Crippen LogP contribution in [-0.4, -0.2) is 49.6 Å². The van der Waals surface area contributed by atoms with Gasteiger partial charge in [-0.2, -0.15) is 0 Å². The molecule has 3 unspecified atom stereocenters. The fourth-order valence-electron chi connectivity index (χ4n) is 2.62. The summed E-state index contributed by atoms with van der Waals surface area (Å²) in [5, 5.41) is 31.4. The van der Waals surface area contributed by atoms with Gasteiger partial charge in [0.05, 0.1) is 11.7 Å². The monoisotopic (exact) mass is 246 g/mol. The number of ketones is 1. The predicted octanol–water partition coefficient (Wildman–Crippen LogP) is 0.00580. The molecule has 17 heavy (non-hydrogen) atoms. The average molecular weight is 246 g/mol. The first-order chi connectivity index (χ1) is 7.32. The van der Waals surface area contributed by atoms with Crippen LogP contribution < -0.4 is 0 Å². The molecule has 0 aromatic rings. The van der Waals surface area contributed by atoms with E-state index in [4.69, 9.17) is 4.74 Å². The molecule has 1 aliphatic rings. The number of Topliss-reactive ketones (excluding diaryl/α,β-unsaturated/α-hetero) is 1. The van der Waals surface area contributed by atoms with Gasteiger partial charge in [0.2, 0.25) is 0 Å². The fourth-order valence-corrected chi connectivity index (χ4v) is 2.62. The molecule has 0 aromatic heterocycles. The molecule has 0 spiro atoms. The Kier molecular flexibility index (Phi) is 3.01. The minimum absolute atomic E-state index is 0.634. The summed E-state index contributed by atoms with van der Waals surface area (Å²) in [6, 6.07) is 0. The predicted molar refractivity (Wildman–Crippen MR) is 61.5 cm³/mol. The highest BCUT2D eigenvalue weighted by Gasteiger charge is 2.71. The highest BCUT2D eigenvalue weighted by molar-refractivity contribution is 5.87. The highest BCUT2D eigenvalue weighted by Crippen LogP contribution is 2.49. The van der Waals surface area contributed by atoms with Crippen molar-refractivity contribution < 1.29 is 24.9 Å². The van der Waals surface area contributed by atoms with Gasteiger partial charge in [-0.05, 0) is 41.5 Å². The molecule has 0 saturated carbocycles. The number of aliphatic hydroxyl groups is 3. The first-order valence-electron chi connectivity index (χ1n) is 5.68. The Morgan fingerprint density at radius 3 is 1.82 bits per heavy atom. The molecule has 5 nitrogen and oxygen atoms in total. The van der Waals surface area contributed by atoms with E-state index < -0.39 is 34.3 Å². The molecular weight excluding hydrogens is 224 g/mol. The molecule has 0 aromatic carbocycles. The van der Waals surface area contributed by atoms with Crippen molar-refractivity contribution in [2.24, 2.45) is 0 Å². The molecule has 100 valence electrons. The number of ether oxygens (including phenoxy) is 1. The van der Waals surface area contributed by atoms with Crippen LogP contribution in [0.25, 0.3) is 0 Å². The van der Waals surface area contributed by atoms with Crippen LogP contribution in [0.1, 0.15) is 41.5 Å². The lowest BCUT2D eigenvalue weighted by Gasteiger charge is -2.61. The molecule has 5 heteroatoms. The molecule has 0 aliphatic carbocycles. The third kappa shape index (κ3) is 1.50. The second-order valence-corrected chi connectivity index (χ2v) is 5.74. The Morgan fingerprint density at radius 1 is 1.06 bits per heavy atom. The zero-order valence-electron chi connectivity index (χ0n) is 11.2. The molecular formula is C12H22O5. The smallest absolute Gasteiger partial charge is 0.179 e. The van der Waals surface area contributed by atoms with Crippen molar-refractivity contribution in [1.82, 2.24) is 0 Å². The van der Waals surface area contributed by atoms with Crippen LogP contribution in [0.2, 0.25) is 0 Å². The molecule has 1 saturated heterocycles. The normalized spacial score (nSPS) is 50.1. The van der Waals surface area contributed by atoms with Gasteiger partial charge in [0.1, 0.15) is 11.2 Å². The second kappa shape index (κ2) is 3.51. The number of rotatable bonds is 1. The van der Waals surface area contributed by atoms with E-state index in [2.05, 4.69) is 0 Å². The van der Waals surface area contributed by atoms with Gasteiger partial charge in [-0.3, -0.25) is 4.79 Å². The summed E-state index contributed by atoms with van der Waals surface area (Å²) in [5.41, 5.74) is -7.00. The topological polar surface area (TPSA) is 87.0 Å². The Bertz CT molecular complexity index is 345. The Hall–Kier alpha value is -0.490. The number of carbonyl (C=O) groups is 1. The van der Waals surface area contributed by atoms with E-state index in [0.29, 0.717) is 0 Å². The van der Waals surface area contributed by atoms with Crippen LogP contribution in [0.15, 0.2) is 0 Å². The standard InChI is InChI=1S/C12H22O5/c1-7(13)12(16)8(2)17-9(3,4)10(5,14)11(12,6)15/h8,14-16H,1-6H3/t8?,10?,11?,12-/m1/s1. The second-order valence-electron chi connectivity index (χ2n) is 5.74. The maximum Gasteiger partial charge on any atom is 0.179 e. The van der Waals surface area contributed by atoms with E-state index in [0.717, 1.165) is 0 Å². The molecule has 1 fully saturated rings. The van der Waals surface area contributed by atoms with Gasteiger partial charge < -0.3 is 20.1 Å². The van der Waals surface area contributed by atoms with Crippen molar-refractivity contribution in [2.45, 2.75) is 70.1 Å². The molecule has 4 atom stereocenters. The maximum absolute atomic E-state index is 11.6. The van der Waals surface area contributed by atoms with Crippen molar-refractivity contribution in [2.75, 3.05) is 0 Å². The summed E-state index contributed by atoms with van der Waals surface area (Å²) in [6.07, 6.45) is -0.912. The van der Waals surface area contributed by atoms with Crippen LogP contribution in [0.3, 0.4) is 0 Å². The summed E-state index contributed by atoms with van der Waals surface area (Å²) in [4.78, 5) is 11.6. The minimum Gasteiger partial charge on any atom is -0.384 e. The molecule has 3 N–H and O–H groups in total. The number of carbonyl (C=O) groups excluding carboxylic acids is 1. The molecule has 1 heterocycles. The highest BCUT2D eigenvalue weighted by atomic mass is 16.6. The number of hydrogen-bond donors (Lipinski definition) is 3. The van der Waals surface area contributed by atoms with E-state index in [1.54, 1.807) is 13.8 Å². The first-order valence-corrected chi connectivity index (χ1v) is 5.68. The quantitative estimate of drug-likeness (QED) is 0.606. The van der Waals surface area contributed by atoms with Crippen molar-refractivity contribution in [1.29, 1.82) is 0 Å². The van der Waals surface area contributed by atoms with Gasteiger partial charge in [-0.25, -0.2) is 0 Å². The van der Waals surface area contributed by atoms with E-state index in [9.17, 15) is 20.1 Å². The third-order valence-electron chi connectivity index (χ3n) is 4.46. The zero-order valence-corrected chi connectivity index (χ0v) is 11.2. The summed E-state index contributed by atoms with van der Waals surface area (Å²) in [7, 11) is 0. The van der Waals surface area contributed by atoms with Gasteiger partial charge in [0, 0.05) is 0 Å². The zero-order chi connectivity index (χ0) is 13.9. The van der Waals surface area contributed by atoms with Gasteiger partial charge in [-0.1, -0.05) is 0 Å². The van der Waals surface area contributed by atoms with Crippen LogP contribution >= 0.6 is 0 Å². The summed E-state index contributed by atoms with van der Waals surface area (Å²) in [5.74, 6) is -0.634. The molecule has 0 radical (unpaired) electrons. The van der Waals surface area contributed by atoms with Crippen LogP contribution in [0.5, 0.6) is 0 Å². The van der Waals surface area contributed by atoms with Crippen molar-refractivity contribution in [3.05, 3.63) is 0 Å². The van der Waals surface area contributed by atoms with E-state index in [-0.39, 0.29) is 0 Å². The van der Waals surface area contributed by atoms with Crippen molar-refractivity contribution in [3.8, 4) is 0 Å². The fraction of sp³-hybridized carbons (Fsp3) is 0.917. The third-order valence-corrected chi connectivity index (χ3v) is 4.46. The lowest BCUT2D eigenvalue weighted by Crippen LogP contribution is -2.81. The largest absolute Gasteiger partial charge is 0.384 e. The minimum atomic E-state index is -2.13. The maximum atomic E-state index is 11.6. The molecule has 0 bridgehead atoms.